The first-order chi connectivity index (χ1) is 15.1. The van der Waals surface area contributed by atoms with Crippen LogP contribution >= 0.6 is 0 Å². The largest absolute Gasteiger partial charge is 0.417 e. The number of hydrogen-bond donors (Lipinski definition) is 2. The fraction of sp³-hybridized carbons (Fsp3) is 0.350. The summed E-state index contributed by atoms with van der Waals surface area (Å²) in [6.45, 7) is 1.58. The van der Waals surface area contributed by atoms with Gasteiger partial charge in [-0.05, 0) is 52.6 Å². The predicted molar refractivity (Wildman–Crippen MR) is 113 cm³/mol. The Hall–Kier alpha value is -2.99. The number of anilines is 1. The summed E-state index contributed by atoms with van der Waals surface area (Å²) in [4.78, 5) is 1.28. The summed E-state index contributed by atoms with van der Waals surface area (Å²) >= 11 is 0. The fourth-order valence-corrected chi connectivity index (χ4v) is 5.19. The Morgan fingerprint density at radius 1 is 1.16 bits per heavy atom. The van der Waals surface area contributed by atoms with Crippen LogP contribution in [0.2, 0.25) is 0 Å². The summed E-state index contributed by atoms with van der Waals surface area (Å²) < 4.78 is 66.0. The molecule has 3 N–H and O–H groups in total. The van der Waals surface area contributed by atoms with Crippen molar-refractivity contribution < 1.29 is 21.6 Å². The molecule has 1 aliphatic rings. The second-order valence-electron chi connectivity index (χ2n) is 7.78. The lowest BCUT2D eigenvalue weighted by Crippen LogP contribution is -2.42. The third kappa shape index (κ3) is 4.32. The van der Waals surface area contributed by atoms with E-state index in [1.807, 2.05) is 12.1 Å². The summed E-state index contributed by atoms with van der Waals surface area (Å²) in [6.07, 6.45) is -2.21. The number of halogens is 3. The van der Waals surface area contributed by atoms with Gasteiger partial charge in [-0.3, -0.25) is 0 Å². The molecule has 8 nitrogen and oxygen atoms in total. The molecule has 1 aromatic heterocycles. The van der Waals surface area contributed by atoms with Gasteiger partial charge in [-0.2, -0.15) is 13.2 Å². The first-order valence-electron chi connectivity index (χ1n) is 9.85. The molecule has 32 heavy (non-hydrogen) atoms. The van der Waals surface area contributed by atoms with E-state index in [1.165, 1.54) is 6.07 Å². The molecule has 0 amide bonds. The van der Waals surface area contributed by atoms with Crippen molar-refractivity contribution in [3.05, 3.63) is 42.0 Å². The molecule has 1 saturated heterocycles. The number of alkyl halides is 3. The highest BCUT2D eigenvalue weighted by atomic mass is 32.2. The van der Waals surface area contributed by atoms with Crippen molar-refractivity contribution in [2.75, 3.05) is 24.2 Å². The molecule has 1 fully saturated rings. The number of nitrogens with two attached hydrogens (primary N) is 1. The monoisotopic (exact) mass is 466 g/mol. The molecule has 0 saturated carbocycles. The van der Waals surface area contributed by atoms with Gasteiger partial charge < -0.3 is 10.6 Å². The lowest BCUT2D eigenvalue weighted by Gasteiger charge is -2.32. The number of piperidine rings is 1. The molecule has 0 spiro atoms. The molecular weight excluding hydrogens is 445 g/mol. The molecule has 1 aliphatic heterocycles. The van der Waals surface area contributed by atoms with E-state index in [0.29, 0.717) is 12.1 Å². The third-order valence-corrected chi connectivity index (χ3v) is 6.58. The zero-order chi connectivity index (χ0) is 23.1. The molecule has 170 valence electrons. The summed E-state index contributed by atoms with van der Waals surface area (Å²) in [5.41, 5.74) is 6.28. The summed E-state index contributed by atoms with van der Waals surface area (Å²) in [5, 5.41) is 12.9. The third-order valence-electron chi connectivity index (χ3n) is 5.42. The Morgan fingerprint density at radius 2 is 1.88 bits per heavy atom. The number of rotatable bonds is 4. The van der Waals surface area contributed by atoms with E-state index in [0.717, 1.165) is 37.4 Å². The zero-order valence-corrected chi connectivity index (χ0v) is 17.9. The minimum Gasteiger partial charge on any atom is -0.370 e. The molecule has 0 unspecified atom stereocenters. The van der Waals surface area contributed by atoms with Crippen LogP contribution in [-0.2, 0) is 16.0 Å². The van der Waals surface area contributed by atoms with E-state index < -0.39 is 26.5 Å². The summed E-state index contributed by atoms with van der Waals surface area (Å²) in [5.74, 6) is -0.169. The molecule has 2 aromatic carbocycles. The van der Waals surface area contributed by atoms with Crippen LogP contribution in [-0.4, -0.2) is 54.4 Å². The lowest BCUT2D eigenvalue weighted by molar-refractivity contribution is -0.139. The molecule has 0 aliphatic carbocycles. The number of H-pyrrole nitrogens is 1. The molecule has 12 heteroatoms. The Labute approximate surface area is 182 Å². The highest BCUT2D eigenvalue weighted by Gasteiger charge is 2.39. The van der Waals surface area contributed by atoms with Crippen molar-refractivity contribution in [3.63, 3.8) is 0 Å². The van der Waals surface area contributed by atoms with Crippen LogP contribution in [0.5, 0.6) is 0 Å². The van der Waals surface area contributed by atoms with Crippen LogP contribution in [0.1, 0.15) is 18.4 Å². The van der Waals surface area contributed by atoms with Gasteiger partial charge in [-0.1, -0.05) is 18.2 Å². The van der Waals surface area contributed by atoms with Gasteiger partial charge in [0.1, 0.15) is 0 Å². The minimum absolute atomic E-state index is 0.0845. The molecule has 4 rings (SSSR count). The maximum absolute atomic E-state index is 13.7. The van der Waals surface area contributed by atoms with Crippen LogP contribution in [0.3, 0.4) is 0 Å². The van der Waals surface area contributed by atoms with E-state index in [1.54, 1.807) is 12.1 Å². The van der Waals surface area contributed by atoms with Gasteiger partial charge >= 0.3 is 6.18 Å². The Bertz CT molecular complexity index is 1210. The van der Waals surface area contributed by atoms with Gasteiger partial charge in [0, 0.05) is 36.6 Å². The second-order valence-corrected chi connectivity index (χ2v) is 9.73. The van der Waals surface area contributed by atoms with Gasteiger partial charge in [-0.25, -0.2) is 13.5 Å². The van der Waals surface area contributed by atoms with Gasteiger partial charge in [0.2, 0.25) is 0 Å². The van der Waals surface area contributed by atoms with Crippen molar-refractivity contribution >= 4 is 15.5 Å². The zero-order valence-electron chi connectivity index (χ0n) is 17.1. The van der Waals surface area contributed by atoms with E-state index in [4.69, 9.17) is 5.73 Å². The molecular formula is C20H21F3N6O2S. The highest BCUT2D eigenvalue weighted by Crippen LogP contribution is 2.43. The fourth-order valence-electron chi connectivity index (χ4n) is 4.03. The van der Waals surface area contributed by atoms with Crippen molar-refractivity contribution in [1.29, 1.82) is 0 Å². The predicted octanol–water partition coefficient (Wildman–Crippen LogP) is 2.88. The smallest absolute Gasteiger partial charge is 0.370 e. The van der Waals surface area contributed by atoms with Crippen molar-refractivity contribution in [1.82, 2.24) is 20.6 Å². The normalized spacial score (nSPS) is 17.5. The van der Waals surface area contributed by atoms with E-state index in [2.05, 4.69) is 25.5 Å². The van der Waals surface area contributed by atoms with Gasteiger partial charge in [0.05, 0.1) is 10.5 Å². The topological polar surface area (TPSA) is 118 Å². The average molecular weight is 466 g/mol. The Kier molecular flexibility index (Phi) is 5.67. The molecule has 0 radical (unpaired) electrons. The Morgan fingerprint density at radius 3 is 2.44 bits per heavy atom. The maximum Gasteiger partial charge on any atom is 0.417 e. The summed E-state index contributed by atoms with van der Waals surface area (Å²) in [7, 11) is -4.29. The van der Waals surface area contributed by atoms with Crippen LogP contribution in [0.25, 0.3) is 22.5 Å². The SMILES string of the molecule is CS(=O)(=O)c1c(C(F)(F)F)ccc(-c2ccc(N3CCC[C@@H](N)C3)cc2)c1-c1nnn[nH]1. The molecule has 2 heterocycles. The lowest BCUT2D eigenvalue weighted by atomic mass is 9.96. The molecule has 0 bridgehead atoms. The highest BCUT2D eigenvalue weighted by molar-refractivity contribution is 7.91. The molecule has 3 aromatic rings. The van der Waals surface area contributed by atoms with Crippen molar-refractivity contribution in [2.45, 2.75) is 30.0 Å². The number of benzene rings is 2. The van der Waals surface area contributed by atoms with E-state index in [9.17, 15) is 21.6 Å². The average Bonchev–Trinajstić information content (AvgIpc) is 3.26. The number of aromatic nitrogens is 4. The standard InChI is InChI=1S/C20H21F3N6O2S/c1-32(30,31)18-16(20(21,22)23)9-8-15(17(18)19-25-27-28-26-19)12-4-6-14(7-5-12)29-10-2-3-13(24)11-29/h4-9,13H,2-3,10-11,24H2,1H3,(H,25,26,27,28)/t13-/m1/s1. The number of nitrogens with one attached hydrogen (secondary N) is 1. The van der Waals surface area contributed by atoms with E-state index >= 15 is 0 Å². The first kappa shape index (κ1) is 22.2. The number of hydrogen-bond acceptors (Lipinski definition) is 7. The second kappa shape index (κ2) is 8.17. The maximum atomic E-state index is 13.7. The number of tetrazole rings is 1. The molecule has 1 atom stereocenters. The number of sulfone groups is 1. The van der Waals surface area contributed by atoms with Crippen LogP contribution in [0.15, 0.2) is 41.3 Å². The van der Waals surface area contributed by atoms with Gasteiger partial charge in [-0.15, -0.1) is 5.10 Å². The van der Waals surface area contributed by atoms with Gasteiger partial charge in [0.15, 0.2) is 15.7 Å². The minimum atomic E-state index is -4.88. The Balaban J connectivity index is 1.88. The van der Waals surface area contributed by atoms with Crippen LogP contribution in [0, 0.1) is 0 Å². The van der Waals surface area contributed by atoms with Crippen molar-refractivity contribution in [2.24, 2.45) is 5.73 Å². The summed E-state index contributed by atoms with van der Waals surface area (Å²) in [6, 6.07) is 9.24. The number of aromatic amines is 1. The van der Waals surface area contributed by atoms with Crippen LogP contribution in [0.4, 0.5) is 18.9 Å². The van der Waals surface area contributed by atoms with E-state index in [-0.39, 0.29) is 23.0 Å². The first-order valence-corrected chi connectivity index (χ1v) is 11.7. The van der Waals surface area contributed by atoms with Crippen LogP contribution < -0.4 is 10.6 Å². The number of nitrogens with zero attached hydrogens (tertiary/aromatic N) is 4. The van der Waals surface area contributed by atoms with Gasteiger partial charge in [0.25, 0.3) is 0 Å². The van der Waals surface area contributed by atoms with Crippen molar-refractivity contribution in [3.8, 4) is 22.5 Å². The quantitative estimate of drug-likeness (QED) is 0.607.